The van der Waals surface area contributed by atoms with Crippen molar-refractivity contribution in [2.24, 2.45) is 0 Å². The van der Waals surface area contributed by atoms with Crippen LogP contribution in [-0.4, -0.2) is 74.5 Å². The Kier molecular flexibility index (Phi) is 5.33. The van der Waals surface area contributed by atoms with E-state index >= 15 is 0 Å². The zero-order valence-electron chi connectivity index (χ0n) is 14.0. The third kappa shape index (κ3) is 4.30. The van der Waals surface area contributed by atoms with Gasteiger partial charge in [0.05, 0.1) is 23.0 Å². The third-order valence-corrected chi connectivity index (χ3v) is 7.00. The number of carbonyl (C=O) groups excluding carboxylic acids is 1. The van der Waals surface area contributed by atoms with E-state index in [0.717, 1.165) is 30.4 Å². The molecule has 1 fully saturated rings. The van der Waals surface area contributed by atoms with E-state index in [9.17, 15) is 13.2 Å². The summed E-state index contributed by atoms with van der Waals surface area (Å²) < 4.78 is 26.1. The van der Waals surface area contributed by atoms with Crippen LogP contribution < -0.4 is 4.90 Å². The number of carbonyl (C=O) groups is 1. The van der Waals surface area contributed by atoms with E-state index in [1.165, 1.54) is 7.05 Å². The van der Waals surface area contributed by atoms with Gasteiger partial charge in [-0.3, -0.25) is 4.79 Å². The maximum absolute atomic E-state index is 12.3. The van der Waals surface area contributed by atoms with Gasteiger partial charge in [-0.15, -0.1) is 0 Å². The van der Waals surface area contributed by atoms with Gasteiger partial charge in [-0.25, -0.2) is 13.4 Å². The number of thiazole rings is 1. The molecule has 0 aliphatic carbocycles. The topological polar surface area (TPSA) is 73.8 Å². The number of fused-ring (bicyclic) bond motifs is 1. The van der Waals surface area contributed by atoms with Crippen LogP contribution in [0.3, 0.4) is 0 Å². The molecular formula is C15H19BrN4O3S2. The van der Waals surface area contributed by atoms with Crippen LogP contribution in [0.2, 0.25) is 0 Å². The lowest BCUT2D eigenvalue weighted by atomic mass is 10.3. The minimum absolute atomic E-state index is 0.117. The number of halogens is 1. The van der Waals surface area contributed by atoms with Gasteiger partial charge in [0.1, 0.15) is 0 Å². The second-order valence-corrected chi connectivity index (χ2v) is 10.0. The first-order valence-electron chi connectivity index (χ1n) is 7.74. The molecule has 7 nitrogen and oxygen atoms in total. The minimum Gasteiger partial charge on any atom is -0.345 e. The summed E-state index contributed by atoms with van der Waals surface area (Å²) in [6.45, 7) is 2.39. The fourth-order valence-corrected chi connectivity index (χ4v) is 4.49. The normalized spacial score (nSPS) is 16.0. The molecule has 25 heavy (non-hydrogen) atoms. The first kappa shape index (κ1) is 18.6. The van der Waals surface area contributed by atoms with Crippen molar-refractivity contribution in [2.45, 2.75) is 0 Å². The van der Waals surface area contributed by atoms with Crippen LogP contribution in [-0.2, 0) is 14.8 Å². The molecular weight excluding hydrogens is 428 g/mol. The number of aromatic nitrogens is 1. The van der Waals surface area contributed by atoms with Crippen LogP contribution >= 0.6 is 27.3 Å². The van der Waals surface area contributed by atoms with E-state index < -0.39 is 10.0 Å². The molecule has 1 amide bonds. The molecule has 1 aliphatic heterocycles. The molecule has 1 saturated heterocycles. The average Bonchev–Trinajstić information content (AvgIpc) is 2.97. The zero-order chi connectivity index (χ0) is 18.2. The highest BCUT2D eigenvalue weighted by atomic mass is 79.9. The Bertz CT molecular complexity index is 891. The van der Waals surface area contributed by atoms with Gasteiger partial charge < -0.3 is 9.80 Å². The molecule has 0 radical (unpaired) electrons. The third-order valence-electron chi connectivity index (χ3n) is 4.17. The number of likely N-dealkylation sites (N-methyl/N-ethyl adjacent to an activating group) is 1. The van der Waals surface area contributed by atoms with E-state index in [4.69, 9.17) is 0 Å². The van der Waals surface area contributed by atoms with Gasteiger partial charge in [-0.2, -0.15) is 4.31 Å². The molecule has 0 spiro atoms. The fourth-order valence-electron chi connectivity index (χ4n) is 2.58. The lowest BCUT2D eigenvalue weighted by molar-refractivity contribution is -0.131. The van der Waals surface area contributed by atoms with E-state index in [1.807, 2.05) is 12.1 Å². The molecule has 1 aromatic carbocycles. The van der Waals surface area contributed by atoms with Crippen LogP contribution in [0.5, 0.6) is 0 Å². The maximum Gasteiger partial charge on any atom is 0.238 e. The number of rotatable bonds is 4. The Morgan fingerprint density at radius 2 is 2.00 bits per heavy atom. The van der Waals surface area contributed by atoms with E-state index in [0.29, 0.717) is 26.2 Å². The summed E-state index contributed by atoms with van der Waals surface area (Å²) in [6, 6.07) is 6.01. The van der Waals surface area contributed by atoms with Gasteiger partial charge in [0.25, 0.3) is 0 Å². The van der Waals surface area contributed by atoms with Crippen LogP contribution in [0.25, 0.3) is 10.2 Å². The van der Waals surface area contributed by atoms with Gasteiger partial charge in [0.15, 0.2) is 5.13 Å². The highest BCUT2D eigenvalue weighted by molar-refractivity contribution is 9.10. The molecule has 1 aromatic heterocycles. The monoisotopic (exact) mass is 446 g/mol. The Morgan fingerprint density at radius 1 is 1.32 bits per heavy atom. The van der Waals surface area contributed by atoms with Gasteiger partial charge >= 0.3 is 0 Å². The van der Waals surface area contributed by atoms with Crippen molar-refractivity contribution in [3.8, 4) is 0 Å². The lowest BCUT2D eigenvalue weighted by Gasteiger charge is -2.35. The molecule has 0 atom stereocenters. The summed E-state index contributed by atoms with van der Waals surface area (Å²) in [7, 11) is -1.93. The molecule has 0 unspecified atom stereocenters. The Morgan fingerprint density at radius 3 is 2.64 bits per heavy atom. The quantitative estimate of drug-likeness (QED) is 0.712. The summed E-state index contributed by atoms with van der Waals surface area (Å²) in [6.07, 6.45) is 1.10. The minimum atomic E-state index is -3.35. The molecule has 3 rings (SSSR count). The zero-order valence-corrected chi connectivity index (χ0v) is 17.2. The van der Waals surface area contributed by atoms with E-state index in [2.05, 4.69) is 31.9 Å². The Balaban J connectivity index is 1.62. The first-order chi connectivity index (χ1) is 11.7. The number of anilines is 1. The van der Waals surface area contributed by atoms with Crippen molar-refractivity contribution in [3.63, 3.8) is 0 Å². The Labute approximate surface area is 159 Å². The SMILES string of the molecule is CN(CC(=O)N1CCN(c2nc3ccc(Br)cc3s2)CC1)S(C)(=O)=O. The summed E-state index contributed by atoms with van der Waals surface area (Å²) in [5.41, 5.74) is 0.969. The molecule has 0 N–H and O–H groups in total. The number of hydrogen-bond acceptors (Lipinski definition) is 6. The van der Waals surface area contributed by atoms with E-state index in [-0.39, 0.29) is 12.5 Å². The predicted molar refractivity (Wildman–Crippen MR) is 104 cm³/mol. The highest BCUT2D eigenvalue weighted by Crippen LogP contribution is 2.31. The number of piperazine rings is 1. The second-order valence-electron chi connectivity index (χ2n) is 6.00. The van der Waals surface area contributed by atoms with Gasteiger partial charge in [-0.1, -0.05) is 27.3 Å². The molecule has 0 saturated carbocycles. The van der Waals surface area contributed by atoms with Gasteiger partial charge in [-0.05, 0) is 18.2 Å². The smallest absolute Gasteiger partial charge is 0.238 e. The maximum atomic E-state index is 12.3. The van der Waals surface area contributed by atoms with Crippen LogP contribution in [0.4, 0.5) is 5.13 Å². The summed E-state index contributed by atoms with van der Waals surface area (Å²) in [5, 5.41) is 0.952. The number of nitrogens with zero attached hydrogens (tertiary/aromatic N) is 4. The molecule has 1 aliphatic rings. The standard InChI is InChI=1S/C15H19BrN4O3S2/c1-18(25(2,22)23)10-14(21)19-5-7-20(8-6-19)15-17-12-4-3-11(16)9-13(12)24-15/h3-4,9H,5-8,10H2,1-2H3. The van der Waals surface area contributed by atoms with Crippen LogP contribution in [0, 0.1) is 0 Å². The number of sulfonamides is 1. The van der Waals surface area contributed by atoms with Crippen molar-refractivity contribution in [1.29, 1.82) is 0 Å². The summed E-state index contributed by atoms with van der Waals surface area (Å²) >= 11 is 5.10. The highest BCUT2D eigenvalue weighted by Gasteiger charge is 2.25. The number of amides is 1. The molecule has 2 heterocycles. The van der Waals surface area contributed by atoms with Crippen LogP contribution in [0.15, 0.2) is 22.7 Å². The van der Waals surface area contributed by atoms with Gasteiger partial charge in [0.2, 0.25) is 15.9 Å². The number of hydrogen-bond donors (Lipinski definition) is 0. The van der Waals surface area contributed by atoms with Crippen molar-refractivity contribution >= 4 is 58.5 Å². The largest absolute Gasteiger partial charge is 0.345 e. The first-order valence-corrected chi connectivity index (χ1v) is 11.2. The summed E-state index contributed by atoms with van der Waals surface area (Å²) in [5.74, 6) is -0.166. The molecule has 2 aromatic rings. The molecule has 136 valence electrons. The number of benzene rings is 1. The average molecular weight is 447 g/mol. The van der Waals surface area contributed by atoms with Crippen molar-refractivity contribution < 1.29 is 13.2 Å². The second kappa shape index (κ2) is 7.18. The van der Waals surface area contributed by atoms with Crippen molar-refractivity contribution in [3.05, 3.63) is 22.7 Å². The molecule has 0 bridgehead atoms. The van der Waals surface area contributed by atoms with Gasteiger partial charge in [0, 0.05) is 37.7 Å². The molecule has 10 heteroatoms. The van der Waals surface area contributed by atoms with Crippen LogP contribution in [0.1, 0.15) is 0 Å². The van der Waals surface area contributed by atoms with E-state index in [1.54, 1.807) is 16.2 Å². The fraction of sp³-hybridized carbons (Fsp3) is 0.467. The lowest BCUT2D eigenvalue weighted by Crippen LogP contribution is -2.51. The van der Waals surface area contributed by atoms with Crippen molar-refractivity contribution in [2.75, 3.05) is 50.9 Å². The Hall–Kier alpha value is -1.23. The van der Waals surface area contributed by atoms with Crippen molar-refractivity contribution in [1.82, 2.24) is 14.2 Å². The summed E-state index contributed by atoms with van der Waals surface area (Å²) in [4.78, 5) is 20.8. The predicted octanol–water partition coefficient (Wildman–Crippen LogP) is 1.60.